The fraction of sp³-hybridized carbons (Fsp3) is 0.125. The number of rotatable bonds is 0. The van der Waals surface area contributed by atoms with Gasteiger partial charge in [-0.15, -0.1) is 0 Å². The van der Waals surface area contributed by atoms with Crippen LogP contribution in [0.15, 0.2) is 42.5 Å². The quantitative estimate of drug-likeness (QED) is 0.692. The molecule has 2 heteroatoms. The third-order valence-corrected chi connectivity index (χ3v) is 3.53. The predicted octanol–water partition coefficient (Wildman–Crippen LogP) is 3.01. The predicted molar refractivity (Wildman–Crippen MR) is 74.9 cm³/mol. The van der Waals surface area contributed by atoms with Crippen molar-refractivity contribution < 1.29 is 5.11 Å². The van der Waals surface area contributed by atoms with E-state index >= 15 is 0 Å². The first-order valence-electron chi connectivity index (χ1n) is 5.99. The number of hydrogen-bond donors (Lipinski definition) is 2. The first-order chi connectivity index (χ1) is 8.59. The molecule has 0 aromatic heterocycles. The smallest absolute Gasteiger partial charge is 0.113 e. The lowest BCUT2D eigenvalue weighted by molar-refractivity contribution is 0.102. The first kappa shape index (κ1) is 11.1. The Morgan fingerprint density at radius 1 is 0.944 bits per heavy atom. The fourth-order valence-corrected chi connectivity index (χ4v) is 2.55. The Bertz CT molecular complexity index is 641. The summed E-state index contributed by atoms with van der Waals surface area (Å²) >= 11 is 0. The second-order valence-corrected chi connectivity index (χ2v) is 4.84. The summed E-state index contributed by atoms with van der Waals surface area (Å²) in [6.07, 6.45) is 4.06. The Morgan fingerprint density at radius 2 is 1.61 bits per heavy atom. The van der Waals surface area contributed by atoms with Crippen molar-refractivity contribution in [1.82, 2.24) is 0 Å². The molecule has 3 rings (SSSR count). The number of hydrogen-bond acceptors (Lipinski definition) is 2. The van der Waals surface area contributed by atoms with Crippen molar-refractivity contribution >= 4 is 17.8 Å². The molecule has 90 valence electrons. The molecule has 0 heterocycles. The van der Waals surface area contributed by atoms with Crippen LogP contribution in [0.2, 0.25) is 0 Å². The zero-order valence-electron chi connectivity index (χ0n) is 10.2. The van der Waals surface area contributed by atoms with E-state index in [-0.39, 0.29) is 0 Å². The fourth-order valence-electron chi connectivity index (χ4n) is 2.55. The average molecular weight is 237 g/mol. The highest BCUT2D eigenvalue weighted by molar-refractivity contribution is 5.78. The molecule has 0 saturated heterocycles. The molecule has 0 spiro atoms. The summed E-state index contributed by atoms with van der Waals surface area (Å²) in [6.45, 7) is 1.82. The SMILES string of the molecule is C[C@]1(O)c2ccccc2C=Cc2ccc(N)cc21. The molecule has 0 unspecified atom stereocenters. The maximum Gasteiger partial charge on any atom is 0.113 e. The molecular weight excluding hydrogens is 222 g/mol. The van der Waals surface area contributed by atoms with Crippen LogP contribution >= 0.6 is 0 Å². The minimum Gasteiger partial charge on any atom is -0.399 e. The van der Waals surface area contributed by atoms with Crippen molar-refractivity contribution in [3.8, 4) is 0 Å². The molecule has 0 fully saturated rings. The normalized spacial score (nSPS) is 21.0. The van der Waals surface area contributed by atoms with E-state index in [0.29, 0.717) is 5.69 Å². The minimum absolute atomic E-state index is 0.668. The summed E-state index contributed by atoms with van der Waals surface area (Å²) in [7, 11) is 0. The molecule has 2 nitrogen and oxygen atoms in total. The maximum absolute atomic E-state index is 10.9. The van der Waals surface area contributed by atoms with Gasteiger partial charge in [0.15, 0.2) is 0 Å². The lowest BCUT2D eigenvalue weighted by Crippen LogP contribution is -2.24. The number of nitrogens with two attached hydrogens (primary N) is 1. The van der Waals surface area contributed by atoms with Crippen molar-refractivity contribution in [3.05, 3.63) is 64.7 Å². The Morgan fingerprint density at radius 3 is 2.39 bits per heavy atom. The van der Waals surface area contributed by atoms with Crippen LogP contribution in [-0.4, -0.2) is 5.11 Å². The van der Waals surface area contributed by atoms with E-state index in [0.717, 1.165) is 22.3 Å². The van der Waals surface area contributed by atoms with E-state index in [2.05, 4.69) is 0 Å². The van der Waals surface area contributed by atoms with Crippen molar-refractivity contribution in [3.63, 3.8) is 0 Å². The molecule has 0 saturated carbocycles. The Labute approximate surface area is 106 Å². The van der Waals surface area contributed by atoms with Gasteiger partial charge in [0.05, 0.1) is 0 Å². The summed E-state index contributed by atoms with van der Waals surface area (Å²) in [5.41, 5.74) is 9.29. The number of fused-ring (bicyclic) bond motifs is 2. The van der Waals surface area contributed by atoms with Gasteiger partial charge < -0.3 is 10.8 Å². The van der Waals surface area contributed by atoms with E-state index in [9.17, 15) is 5.11 Å². The third kappa shape index (κ3) is 1.54. The van der Waals surface area contributed by atoms with Gasteiger partial charge in [0, 0.05) is 5.69 Å². The van der Waals surface area contributed by atoms with Crippen molar-refractivity contribution in [2.24, 2.45) is 0 Å². The summed E-state index contributed by atoms with van der Waals surface area (Å²) in [5, 5.41) is 10.9. The third-order valence-electron chi connectivity index (χ3n) is 3.53. The Hall–Kier alpha value is -2.06. The Kier molecular flexibility index (Phi) is 2.28. The number of nitrogen functional groups attached to an aromatic ring is 1. The molecule has 0 aliphatic heterocycles. The lowest BCUT2D eigenvalue weighted by atomic mass is 9.84. The van der Waals surface area contributed by atoms with Crippen LogP contribution in [0.5, 0.6) is 0 Å². The van der Waals surface area contributed by atoms with Gasteiger partial charge in [-0.3, -0.25) is 0 Å². The van der Waals surface area contributed by atoms with Crippen LogP contribution in [0, 0.1) is 0 Å². The van der Waals surface area contributed by atoms with Crippen molar-refractivity contribution in [2.45, 2.75) is 12.5 Å². The van der Waals surface area contributed by atoms with Gasteiger partial charge in [-0.2, -0.15) is 0 Å². The van der Waals surface area contributed by atoms with Gasteiger partial charge in [0.1, 0.15) is 5.60 Å². The van der Waals surface area contributed by atoms with Gasteiger partial charge in [0.25, 0.3) is 0 Å². The standard InChI is InChI=1S/C16H15NO/c1-16(18)14-5-3-2-4-11(14)6-7-12-8-9-13(17)10-15(12)16/h2-10,18H,17H2,1H3/t16-/m0/s1. The van der Waals surface area contributed by atoms with Crippen LogP contribution in [0.3, 0.4) is 0 Å². The van der Waals surface area contributed by atoms with Crippen LogP contribution in [0.25, 0.3) is 12.2 Å². The van der Waals surface area contributed by atoms with Gasteiger partial charge in [-0.25, -0.2) is 0 Å². The second-order valence-electron chi connectivity index (χ2n) is 4.84. The molecule has 0 amide bonds. The van der Waals surface area contributed by atoms with Gasteiger partial charge >= 0.3 is 0 Å². The summed E-state index contributed by atoms with van der Waals surface area (Å²) < 4.78 is 0. The van der Waals surface area contributed by atoms with E-state index in [1.165, 1.54) is 0 Å². The molecular formula is C16H15NO. The maximum atomic E-state index is 10.9. The van der Waals surface area contributed by atoms with Crippen molar-refractivity contribution in [2.75, 3.05) is 5.73 Å². The summed E-state index contributed by atoms with van der Waals surface area (Å²) in [4.78, 5) is 0. The first-order valence-corrected chi connectivity index (χ1v) is 5.99. The Balaban J connectivity index is 2.34. The molecule has 1 aliphatic rings. The number of benzene rings is 2. The zero-order chi connectivity index (χ0) is 12.8. The van der Waals surface area contributed by atoms with E-state index in [1.807, 2.05) is 61.5 Å². The topological polar surface area (TPSA) is 46.2 Å². The van der Waals surface area contributed by atoms with Gasteiger partial charge in [0.2, 0.25) is 0 Å². The van der Waals surface area contributed by atoms with Gasteiger partial charge in [-0.1, -0.05) is 42.5 Å². The van der Waals surface area contributed by atoms with Crippen LogP contribution in [0.1, 0.15) is 29.2 Å². The molecule has 3 N–H and O–H groups in total. The number of anilines is 1. The number of aliphatic hydroxyl groups is 1. The van der Waals surface area contributed by atoms with Crippen LogP contribution in [0.4, 0.5) is 5.69 Å². The highest BCUT2D eigenvalue weighted by Crippen LogP contribution is 2.38. The highest BCUT2D eigenvalue weighted by atomic mass is 16.3. The highest BCUT2D eigenvalue weighted by Gasteiger charge is 2.31. The largest absolute Gasteiger partial charge is 0.399 e. The van der Waals surface area contributed by atoms with Gasteiger partial charge in [-0.05, 0) is 41.3 Å². The zero-order valence-corrected chi connectivity index (χ0v) is 10.2. The molecule has 0 bridgehead atoms. The average Bonchev–Trinajstić information content (AvgIpc) is 2.47. The molecule has 1 aliphatic carbocycles. The molecule has 1 atom stereocenters. The monoisotopic (exact) mass is 237 g/mol. The van der Waals surface area contributed by atoms with E-state index in [1.54, 1.807) is 0 Å². The molecule has 2 aromatic carbocycles. The summed E-state index contributed by atoms with van der Waals surface area (Å²) in [6, 6.07) is 13.5. The van der Waals surface area contributed by atoms with Crippen molar-refractivity contribution in [1.29, 1.82) is 0 Å². The minimum atomic E-state index is -1.02. The molecule has 18 heavy (non-hydrogen) atoms. The van der Waals surface area contributed by atoms with E-state index < -0.39 is 5.60 Å². The molecule has 0 radical (unpaired) electrons. The second kappa shape index (κ2) is 3.72. The van der Waals surface area contributed by atoms with Crippen LogP contribution in [-0.2, 0) is 5.60 Å². The van der Waals surface area contributed by atoms with Crippen LogP contribution < -0.4 is 5.73 Å². The molecule has 2 aromatic rings. The lowest BCUT2D eigenvalue weighted by Gasteiger charge is -2.26. The summed E-state index contributed by atoms with van der Waals surface area (Å²) in [5.74, 6) is 0. The van der Waals surface area contributed by atoms with E-state index in [4.69, 9.17) is 5.73 Å².